The number of hydrogen-bond donors (Lipinski definition) is 3. The number of carboxylic acid groups (broad SMARTS) is 1. The first kappa shape index (κ1) is 36.9. The molecular formula is C42H50N2O6. The van der Waals surface area contributed by atoms with Gasteiger partial charge >= 0.3 is 5.97 Å². The van der Waals surface area contributed by atoms with Gasteiger partial charge in [-0.05, 0) is 72.3 Å². The number of nitrogens with zero attached hydrogens (tertiary/aromatic N) is 1. The summed E-state index contributed by atoms with van der Waals surface area (Å²) in [5, 5.41) is 21.4. The van der Waals surface area contributed by atoms with E-state index in [0.717, 1.165) is 59.2 Å². The summed E-state index contributed by atoms with van der Waals surface area (Å²) in [4.78, 5) is 25.4. The van der Waals surface area contributed by atoms with Crippen LogP contribution in [0.5, 0.6) is 0 Å². The number of nitrogens with one attached hydrogen (secondary N) is 1. The van der Waals surface area contributed by atoms with Crippen molar-refractivity contribution in [3.05, 3.63) is 131 Å². The summed E-state index contributed by atoms with van der Waals surface area (Å²) in [6.07, 6.45) is 3.58. The fourth-order valence-corrected chi connectivity index (χ4v) is 6.43. The molecule has 0 aliphatic carbocycles. The number of unbranched alkanes of at least 4 members (excludes halogenated alkanes) is 3. The van der Waals surface area contributed by atoms with Crippen LogP contribution in [0.4, 0.5) is 0 Å². The molecule has 1 amide bonds. The maximum Gasteiger partial charge on any atom is 0.303 e. The van der Waals surface area contributed by atoms with Gasteiger partial charge in [0, 0.05) is 44.0 Å². The van der Waals surface area contributed by atoms with Crippen molar-refractivity contribution in [2.75, 3.05) is 13.6 Å². The summed E-state index contributed by atoms with van der Waals surface area (Å²) in [5.74, 6) is -0.773. The van der Waals surface area contributed by atoms with Gasteiger partial charge in [0.1, 0.15) is 0 Å². The highest BCUT2D eigenvalue weighted by Crippen LogP contribution is 2.39. The maximum atomic E-state index is 12.4. The van der Waals surface area contributed by atoms with Crippen molar-refractivity contribution >= 4 is 11.9 Å². The average Bonchev–Trinajstić information content (AvgIpc) is 3.15. The molecule has 264 valence electrons. The molecule has 0 bridgehead atoms. The van der Waals surface area contributed by atoms with E-state index in [1.165, 1.54) is 5.56 Å². The van der Waals surface area contributed by atoms with Crippen molar-refractivity contribution in [1.82, 2.24) is 10.2 Å². The Morgan fingerprint density at radius 3 is 2.22 bits per heavy atom. The quantitative estimate of drug-likeness (QED) is 0.0968. The molecule has 1 fully saturated rings. The first-order valence-corrected chi connectivity index (χ1v) is 17.7. The molecule has 0 spiro atoms. The van der Waals surface area contributed by atoms with E-state index in [9.17, 15) is 14.7 Å². The van der Waals surface area contributed by atoms with Gasteiger partial charge in [0.25, 0.3) is 0 Å². The molecule has 1 heterocycles. The molecule has 5 rings (SSSR count). The molecular weight excluding hydrogens is 628 g/mol. The van der Waals surface area contributed by atoms with E-state index >= 15 is 0 Å². The molecule has 8 nitrogen and oxygen atoms in total. The van der Waals surface area contributed by atoms with E-state index in [4.69, 9.17) is 14.6 Å². The number of hydrogen-bond acceptors (Lipinski definition) is 6. The molecule has 4 aromatic carbocycles. The van der Waals surface area contributed by atoms with Gasteiger partial charge in [-0.1, -0.05) is 104 Å². The zero-order valence-electron chi connectivity index (χ0n) is 29.2. The van der Waals surface area contributed by atoms with Crippen molar-refractivity contribution in [3.63, 3.8) is 0 Å². The lowest BCUT2D eigenvalue weighted by Gasteiger charge is -2.39. The number of aliphatic carboxylic acids is 1. The summed E-state index contributed by atoms with van der Waals surface area (Å²) in [6.45, 7) is 3.39. The zero-order valence-corrected chi connectivity index (χ0v) is 29.2. The van der Waals surface area contributed by atoms with Gasteiger partial charge in [0.05, 0.1) is 18.8 Å². The molecule has 4 atom stereocenters. The van der Waals surface area contributed by atoms with Gasteiger partial charge in [0.15, 0.2) is 6.29 Å². The number of carbonyl (C=O) groups is 2. The molecule has 0 saturated carbocycles. The standard InChI is InChI=1S/C42H50N2O6/c1-30(33-13-6-5-7-14-33)44(2)28-38-26-39(34-22-20-31(29-45)21-23-34)50-42(49-38)37-17-11-16-36(25-37)35-15-10-12-32(24-35)27-43-40(46)18-8-3-4-9-19-41(47)48/h5-7,10-17,20-25,30,38-39,42,45H,3-4,8-9,18-19,26-29H2,1-2H3,(H,43,46)(H,47,48)/t30-,38-,39+,42+/m0/s1. The largest absolute Gasteiger partial charge is 0.481 e. The van der Waals surface area contributed by atoms with E-state index < -0.39 is 12.3 Å². The van der Waals surface area contributed by atoms with Crippen LogP contribution in [-0.2, 0) is 32.2 Å². The van der Waals surface area contributed by atoms with E-state index in [-0.39, 0.29) is 37.2 Å². The van der Waals surface area contributed by atoms with Crippen LogP contribution >= 0.6 is 0 Å². The van der Waals surface area contributed by atoms with E-state index in [1.54, 1.807) is 0 Å². The first-order chi connectivity index (χ1) is 24.3. The predicted octanol–water partition coefficient (Wildman–Crippen LogP) is 8.13. The third-order valence-electron chi connectivity index (χ3n) is 9.50. The molecule has 0 aromatic heterocycles. The fourth-order valence-electron chi connectivity index (χ4n) is 6.43. The van der Waals surface area contributed by atoms with Crippen molar-refractivity contribution in [1.29, 1.82) is 0 Å². The monoisotopic (exact) mass is 678 g/mol. The second kappa shape index (κ2) is 18.6. The molecule has 1 saturated heterocycles. The lowest BCUT2D eigenvalue weighted by molar-refractivity contribution is -0.253. The minimum atomic E-state index is -0.774. The first-order valence-electron chi connectivity index (χ1n) is 17.7. The Bertz CT molecular complexity index is 1660. The summed E-state index contributed by atoms with van der Waals surface area (Å²) in [6, 6.07) is 35.1. The molecule has 8 heteroatoms. The number of carboxylic acids is 1. The number of carbonyl (C=O) groups excluding carboxylic acids is 1. The number of ether oxygens (including phenoxy) is 2. The number of benzene rings is 4. The molecule has 3 N–H and O–H groups in total. The molecule has 4 aromatic rings. The Hall–Kier alpha value is -4.34. The van der Waals surface area contributed by atoms with E-state index in [1.807, 2.05) is 54.6 Å². The van der Waals surface area contributed by atoms with Crippen molar-refractivity contribution in [2.24, 2.45) is 0 Å². The lowest BCUT2D eigenvalue weighted by atomic mass is 9.98. The molecule has 1 aliphatic rings. The highest BCUT2D eigenvalue weighted by molar-refractivity contribution is 5.76. The van der Waals surface area contributed by atoms with Crippen LogP contribution in [0.2, 0.25) is 0 Å². The van der Waals surface area contributed by atoms with Gasteiger partial charge in [-0.25, -0.2) is 0 Å². The number of aliphatic hydroxyl groups is 1. The number of aliphatic hydroxyl groups excluding tert-OH is 1. The zero-order chi connectivity index (χ0) is 35.3. The van der Waals surface area contributed by atoms with E-state index in [2.05, 4.69) is 72.7 Å². The Labute approximate surface area is 296 Å². The smallest absolute Gasteiger partial charge is 0.303 e. The van der Waals surface area contributed by atoms with Crippen LogP contribution in [-0.4, -0.2) is 46.7 Å². The van der Waals surface area contributed by atoms with Crippen molar-refractivity contribution in [2.45, 2.75) is 89.6 Å². The van der Waals surface area contributed by atoms with Gasteiger partial charge in [-0.15, -0.1) is 0 Å². The van der Waals surface area contributed by atoms with Crippen LogP contribution in [0.15, 0.2) is 103 Å². The highest BCUT2D eigenvalue weighted by Gasteiger charge is 2.33. The topological polar surface area (TPSA) is 108 Å². The average molecular weight is 679 g/mol. The van der Waals surface area contributed by atoms with Gasteiger partial charge < -0.3 is 25.0 Å². The second-order valence-electron chi connectivity index (χ2n) is 13.3. The predicted molar refractivity (Wildman–Crippen MR) is 195 cm³/mol. The maximum absolute atomic E-state index is 12.4. The Morgan fingerprint density at radius 1 is 0.800 bits per heavy atom. The molecule has 0 radical (unpaired) electrons. The van der Waals surface area contributed by atoms with Crippen LogP contribution in [0.1, 0.15) is 98.1 Å². The lowest BCUT2D eigenvalue weighted by Crippen LogP contribution is -2.38. The van der Waals surface area contributed by atoms with Crippen molar-refractivity contribution < 1.29 is 29.3 Å². The summed E-state index contributed by atoms with van der Waals surface area (Å²) >= 11 is 0. The highest BCUT2D eigenvalue weighted by atomic mass is 16.7. The fraction of sp³-hybridized carbons (Fsp3) is 0.381. The SMILES string of the molecule is C[C@@H](c1ccccc1)N(C)C[C@@H]1C[C@H](c2ccc(CO)cc2)O[C@H](c2cccc(-c3cccc(CNC(=O)CCCCCCC(=O)O)c3)c2)O1. The summed E-state index contributed by atoms with van der Waals surface area (Å²) in [5.41, 5.74) is 7.20. The van der Waals surface area contributed by atoms with Crippen LogP contribution in [0.25, 0.3) is 11.1 Å². The minimum Gasteiger partial charge on any atom is -0.481 e. The minimum absolute atomic E-state index is 0.000275. The second-order valence-corrected chi connectivity index (χ2v) is 13.3. The van der Waals surface area contributed by atoms with Crippen LogP contribution in [0, 0.1) is 0 Å². The van der Waals surface area contributed by atoms with E-state index in [0.29, 0.717) is 25.8 Å². The Morgan fingerprint density at radius 2 is 1.50 bits per heavy atom. The number of likely N-dealkylation sites (N-methyl/N-ethyl adjacent to an activating group) is 1. The van der Waals surface area contributed by atoms with Crippen molar-refractivity contribution in [3.8, 4) is 11.1 Å². The third-order valence-corrected chi connectivity index (χ3v) is 9.50. The molecule has 0 unspecified atom stereocenters. The molecule has 1 aliphatic heterocycles. The summed E-state index contributed by atoms with van der Waals surface area (Å²) < 4.78 is 13.3. The summed E-state index contributed by atoms with van der Waals surface area (Å²) in [7, 11) is 2.14. The van der Waals surface area contributed by atoms with Gasteiger partial charge in [-0.3, -0.25) is 14.5 Å². The number of amides is 1. The normalized spacial score (nSPS) is 18.1. The molecule has 50 heavy (non-hydrogen) atoms. The van der Waals surface area contributed by atoms with Gasteiger partial charge in [0.2, 0.25) is 5.91 Å². The number of rotatable bonds is 17. The Kier molecular flexibility index (Phi) is 13.7. The third kappa shape index (κ3) is 10.8. The van der Waals surface area contributed by atoms with Gasteiger partial charge in [-0.2, -0.15) is 0 Å². The van der Waals surface area contributed by atoms with Crippen LogP contribution < -0.4 is 5.32 Å². The Balaban J connectivity index is 1.26. The van der Waals surface area contributed by atoms with Crippen LogP contribution in [0.3, 0.4) is 0 Å².